The van der Waals surface area contributed by atoms with Gasteiger partial charge >= 0.3 is 5.97 Å². The number of carbonyl (C=O) groups is 2. The number of piperidine rings is 2. The molecular formula is C16H28N4O3. The summed E-state index contributed by atoms with van der Waals surface area (Å²) in [4.78, 5) is 30.4. The highest BCUT2D eigenvalue weighted by Crippen LogP contribution is 2.30. The molecule has 3 fully saturated rings. The van der Waals surface area contributed by atoms with E-state index in [4.69, 9.17) is 4.74 Å². The van der Waals surface area contributed by atoms with Crippen LogP contribution in [-0.2, 0) is 14.3 Å². The molecule has 23 heavy (non-hydrogen) atoms. The second-order valence-electron chi connectivity index (χ2n) is 7.00. The van der Waals surface area contributed by atoms with Crippen LogP contribution < -0.4 is 5.32 Å². The van der Waals surface area contributed by atoms with Crippen molar-refractivity contribution in [3.05, 3.63) is 0 Å². The predicted octanol–water partition coefficient (Wildman–Crippen LogP) is -0.526. The molecule has 0 aliphatic carbocycles. The van der Waals surface area contributed by atoms with Gasteiger partial charge in [0.25, 0.3) is 0 Å². The third kappa shape index (κ3) is 3.22. The molecule has 3 rings (SSSR count). The van der Waals surface area contributed by atoms with Crippen molar-refractivity contribution in [3.63, 3.8) is 0 Å². The Labute approximate surface area is 137 Å². The van der Waals surface area contributed by atoms with Crippen molar-refractivity contribution >= 4 is 11.9 Å². The molecule has 3 heterocycles. The Balaban J connectivity index is 1.71. The zero-order valence-corrected chi connectivity index (χ0v) is 14.3. The van der Waals surface area contributed by atoms with Gasteiger partial charge in [-0.2, -0.15) is 0 Å². The average molecular weight is 324 g/mol. The minimum Gasteiger partial charge on any atom is -0.468 e. The fourth-order valence-electron chi connectivity index (χ4n) is 4.33. The monoisotopic (exact) mass is 324 g/mol. The molecule has 0 aromatic heterocycles. The van der Waals surface area contributed by atoms with E-state index >= 15 is 0 Å². The highest BCUT2D eigenvalue weighted by molar-refractivity contribution is 5.76. The number of esters is 1. The summed E-state index contributed by atoms with van der Waals surface area (Å²) in [6.07, 6.45) is 2.66. The first-order valence-electron chi connectivity index (χ1n) is 8.54. The first-order chi connectivity index (χ1) is 11.0. The second kappa shape index (κ2) is 6.75. The van der Waals surface area contributed by atoms with Gasteiger partial charge in [0, 0.05) is 51.4 Å². The largest absolute Gasteiger partial charge is 0.468 e. The standard InChI is InChI=1S/C16H28N4O3/c1-11(21)19-6-4-12(5-7-19)20-9-15-13(17-10-18(15)2)8-14(20)16(22)23-3/h12-15,17H,4-10H2,1-3H3/t13?,14-,15?/m0/s1. The number of rotatable bonds is 2. The fraction of sp³-hybridized carbons (Fsp3) is 0.875. The Morgan fingerprint density at radius 2 is 1.91 bits per heavy atom. The van der Waals surface area contributed by atoms with Crippen molar-refractivity contribution in [2.45, 2.75) is 50.4 Å². The van der Waals surface area contributed by atoms with Crippen molar-refractivity contribution < 1.29 is 14.3 Å². The van der Waals surface area contributed by atoms with Crippen molar-refractivity contribution in [2.75, 3.05) is 40.5 Å². The molecule has 0 saturated carbocycles. The lowest BCUT2D eigenvalue weighted by atomic mass is 9.89. The zero-order chi connectivity index (χ0) is 16.6. The molecule has 3 atom stereocenters. The van der Waals surface area contributed by atoms with Gasteiger partial charge in [-0.05, 0) is 26.3 Å². The zero-order valence-electron chi connectivity index (χ0n) is 14.3. The Morgan fingerprint density at radius 3 is 2.52 bits per heavy atom. The summed E-state index contributed by atoms with van der Waals surface area (Å²) in [7, 11) is 3.60. The molecular weight excluding hydrogens is 296 g/mol. The number of nitrogens with one attached hydrogen (secondary N) is 1. The number of likely N-dealkylation sites (N-methyl/N-ethyl adjacent to an activating group) is 1. The molecule has 0 aromatic carbocycles. The molecule has 3 saturated heterocycles. The van der Waals surface area contributed by atoms with Gasteiger partial charge in [-0.25, -0.2) is 0 Å². The number of ether oxygens (including phenoxy) is 1. The van der Waals surface area contributed by atoms with Gasteiger partial charge < -0.3 is 9.64 Å². The molecule has 3 aliphatic rings. The maximum Gasteiger partial charge on any atom is 0.323 e. The van der Waals surface area contributed by atoms with E-state index in [0.717, 1.165) is 45.6 Å². The Morgan fingerprint density at radius 1 is 1.22 bits per heavy atom. The summed E-state index contributed by atoms with van der Waals surface area (Å²) >= 11 is 0. The van der Waals surface area contributed by atoms with Crippen LogP contribution in [0, 0.1) is 0 Å². The number of carbonyl (C=O) groups excluding carboxylic acids is 2. The molecule has 0 aromatic rings. The van der Waals surface area contributed by atoms with Crippen LogP contribution in [0.5, 0.6) is 0 Å². The molecule has 7 nitrogen and oxygen atoms in total. The molecule has 0 spiro atoms. The third-order valence-corrected chi connectivity index (χ3v) is 5.76. The van der Waals surface area contributed by atoms with Crippen molar-refractivity contribution in [2.24, 2.45) is 0 Å². The Hall–Kier alpha value is -1.18. The lowest BCUT2D eigenvalue weighted by Crippen LogP contribution is -2.62. The summed E-state index contributed by atoms with van der Waals surface area (Å²) < 4.78 is 5.06. The van der Waals surface area contributed by atoms with E-state index in [1.54, 1.807) is 6.92 Å². The number of fused-ring (bicyclic) bond motifs is 1. The molecule has 2 unspecified atom stereocenters. The molecule has 0 radical (unpaired) electrons. The number of likely N-dealkylation sites (tertiary alicyclic amines) is 2. The number of hydrogen-bond donors (Lipinski definition) is 1. The fourth-order valence-corrected chi connectivity index (χ4v) is 4.33. The van der Waals surface area contributed by atoms with E-state index in [9.17, 15) is 9.59 Å². The first-order valence-corrected chi connectivity index (χ1v) is 8.54. The maximum absolute atomic E-state index is 12.3. The normalized spacial score (nSPS) is 33.5. The Bertz CT molecular complexity index is 464. The van der Waals surface area contributed by atoms with Gasteiger partial charge in [0.1, 0.15) is 6.04 Å². The average Bonchev–Trinajstić information content (AvgIpc) is 2.93. The molecule has 0 bridgehead atoms. The topological polar surface area (TPSA) is 65.1 Å². The highest BCUT2D eigenvalue weighted by atomic mass is 16.5. The van der Waals surface area contributed by atoms with Crippen LogP contribution in [0.2, 0.25) is 0 Å². The van der Waals surface area contributed by atoms with E-state index in [1.165, 1.54) is 7.11 Å². The summed E-state index contributed by atoms with van der Waals surface area (Å²) in [6, 6.07) is 0.984. The minimum atomic E-state index is -0.172. The van der Waals surface area contributed by atoms with E-state index in [0.29, 0.717) is 18.1 Å². The van der Waals surface area contributed by atoms with E-state index in [1.807, 2.05) is 4.90 Å². The van der Waals surface area contributed by atoms with Crippen LogP contribution >= 0.6 is 0 Å². The van der Waals surface area contributed by atoms with Crippen molar-refractivity contribution in [3.8, 4) is 0 Å². The first kappa shape index (κ1) is 16.7. The van der Waals surface area contributed by atoms with Crippen LogP contribution in [0.3, 0.4) is 0 Å². The van der Waals surface area contributed by atoms with E-state index in [2.05, 4.69) is 22.2 Å². The van der Waals surface area contributed by atoms with Crippen LogP contribution in [0.1, 0.15) is 26.2 Å². The predicted molar refractivity (Wildman–Crippen MR) is 85.7 cm³/mol. The van der Waals surface area contributed by atoms with Crippen molar-refractivity contribution in [1.29, 1.82) is 0 Å². The van der Waals surface area contributed by atoms with Crippen LogP contribution in [0.25, 0.3) is 0 Å². The van der Waals surface area contributed by atoms with Crippen LogP contribution in [0.15, 0.2) is 0 Å². The highest BCUT2D eigenvalue weighted by Gasteiger charge is 2.46. The summed E-state index contributed by atoms with van der Waals surface area (Å²) in [5, 5.41) is 3.50. The molecule has 1 amide bonds. The van der Waals surface area contributed by atoms with Crippen LogP contribution in [0.4, 0.5) is 0 Å². The molecule has 130 valence electrons. The van der Waals surface area contributed by atoms with E-state index in [-0.39, 0.29) is 17.9 Å². The molecule has 3 aliphatic heterocycles. The van der Waals surface area contributed by atoms with Gasteiger partial charge in [0.05, 0.1) is 7.11 Å². The van der Waals surface area contributed by atoms with Crippen molar-refractivity contribution in [1.82, 2.24) is 20.0 Å². The number of amides is 1. The van der Waals surface area contributed by atoms with Crippen LogP contribution in [-0.4, -0.2) is 91.2 Å². The number of methoxy groups -OCH3 is 1. The minimum absolute atomic E-state index is 0.131. The smallest absolute Gasteiger partial charge is 0.323 e. The lowest BCUT2D eigenvalue weighted by molar-refractivity contribution is -0.151. The molecule has 1 N–H and O–H groups in total. The summed E-state index contributed by atoms with van der Waals surface area (Å²) in [5.41, 5.74) is 0. The molecule has 7 heteroatoms. The number of nitrogens with zero attached hydrogens (tertiary/aromatic N) is 3. The SMILES string of the molecule is COC(=O)[C@@H]1CC2NCN(C)C2CN1C1CCN(C(C)=O)CC1. The maximum atomic E-state index is 12.3. The van der Waals surface area contributed by atoms with Gasteiger partial charge in [-0.15, -0.1) is 0 Å². The Kier molecular flexibility index (Phi) is 4.89. The quantitative estimate of drug-likeness (QED) is 0.689. The van der Waals surface area contributed by atoms with E-state index < -0.39 is 0 Å². The summed E-state index contributed by atoms with van der Waals surface area (Å²) in [6.45, 7) is 4.96. The van der Waals surface area contributed by atoms with Gasteiger partial charge in [-0.1, -0.05) is 0 Å². The van der Waals surface area contributed by atoms with Gasteiger partial charge in [0.15, 0.2) is 0 Å². The summed E-state index contributed by atoms with van der Waals surface area (Å²) in [5.74, 6) is 0.0141. The van der Waals surface area contributed by atoms with Gasteiger partial charge in [0.2, 0.25) is 5.91 Å². The number of hydrogen-bond acceptors (Lipinski definition) is 6. The lowest BCUT2D eigenvalue weighted by Gasteiger charge is -2.47. The second-order valence-corrected chi connectivity index (χ2v) is 7.00. The van der Waals surface area contributed by atoms with Gasteiger partial charge in [-0.3, -0.25) is 24.7 Å². The third-order valence-electron chi connectivity index (χ3n) is 5.76.